The van der Waals surface area contributed by atoms with Gasteiger partial charge in [-0.15, -0.1) is 0 Å². The van der Waals surface area contributed by atoms with E-state index < -0.39 is 11.8 Å². The molecule has 4 rings (SSSR count). The van der Waals surface area contributed by atoms with E-state index >= 15 is 4.39 Å². The molecule has 0 aliphatic heterocycles. The summed E-state index contributed by atoms with van der Waals surface area (Å²) < 4.78 is 16.1. The maximum atomic E-state index is 16.1. The van der Waals surface area contributed by atoms with E-state index in [0.29, 0.717) is 11.1 Å². The Hall–Kier alpha value is -2.45. The van der Waals surface area contributed by atoms with Gasteiger partial charge in [-0.05, 0) is 22.3 Å². The number of alkyl halides is 1. The molecule has 23 heavy (non-hydrogen) atoms. The van der Waals surface area contributed by atoms with Gasteiger partial charge < -0.3 is 5.11 Å². The lowest BCUT2D eigenvalue weighted by molar-refractivity contribution is -0.0168. The topological polar surface area (TPSA) is 20.2 Å². The number of rotatable bonds is 2. The average molecular weight is 304 g/mol. The van der Waals surface area contributed by atoms with Crippen LogP contribution in [0.15, 0.2) is 78.9 Å². The molecule has 114 valence electrons. The van der Waals surface area contributed by atoms with Crippen molar-refractivity contribution < 1.29 is 9.50 Å². The molecule has 1 aliphatic rings. The molecule has 2 atom stereocenters. The molecule has 3 aromatic rings. The van der Waals surface area contributed by atoms with Crippen LogP contribution in [0.2, 0.25) is 0 Å². The SMILES string of the molecule is OC1c2ccccc2-c2ccccc2C1(F)Cc1ccccc1. The second kappa shape index (κ2) is 5.32. The second-order valence-electron chi connectivity index (χ2n) is 6.06. The molecular weight excluding hydrogens is 287 g/mol. The van der Waals surface area contributed by atoms with Crippen LogP contribution in [0.3, 0.4) is 0 Å². The normalized spacial score (nSPS) is 22.3. The van der Waals surface area contributed by atoms with Crippen molar-refractivity contribution in [2.24, 2.45) is 0 Å². The highest BCUT2D eigenvalue weighted by Crippen LogP contribution is 2.51. The highest BCUT2D eigenvalue weighted by molar-refractivity contribution is 5.75. The summed E-state index contributed by atoms with van der Waals surface area (Å²) in [5.74, 6) is 0. The predicted octanol–water partition coefficient (Wildman–Crippen LogP) is 4.81. The van der Waals surface area contributed by atoms with Crippen molar-refractivity contribution in [3.63, 3.8) is 0 Å². The van der Waals surface area contributed by atoms with E-state index in [-0.39, 0.29) is 6.42 Å². The summed E-state index contributed by atoms with van der Waals surface area (Å²) in [4.78, 5) is 0. The zero-order valence-electron chi connectivity index (χ0n) is 12.6. The molecule has 0 spiro atoms. The van der Waals surface area contributed by atoms with E-state index in [4.69, 9.17) is 0 Å². The van der Waals surface area contributed by atoms with Crippen molar-refractivity contribution in [2.75, 3.05) is 0 Å². The molecule has 0 radical (unpaired) electrons. The highest BCUT2D eigenvalue weighted by atomic mass is 19.1. The minimum absolute atomic E-state index is 0.153. The first kappa shape index (κ1) is 14.2. The zero-order valence-corrected chi connectivity index (χ0v) is 12.6. The van der Waals surface area contributed by atoms with E-state index in [0.717, 1.165) is 16.7 Å². The lowest BCUT2D eigenvalue weighted by Crippen LogP contribution is -2.35. The number of benzene rings is 3. The summed E-state index contributed by atoms with van der Waals surface area (Å²) in [5, 5.41) is 10.8. The van der Waals surface area contributed by atoms with Gasteiger partial charge in [-0.2, -0.15) is 0 Å². The van der Waals surface area contributed by atoms with Crippen molar-refractivity contribution in [3.05, 3.63) is 95.6 Å². The van der Waals surface area contributed by atoms with E-state index in [1.54, 1.807) is 6.07 Å². The first-order chi connectivity index (χ1) is 11.2. The fraction of sp³-hybridized carbons (Fsp3) is 0.143. The van der Waals surface area contributed by atoms with Gasteiger partial charge in [-0.3, -0.25) is 0 Å². The molecule has 0 saturated heterocycles. The molecule has 0 bridgehead atoms. The van der Waals surface area contributed by atoms with Gasteiger partial charge in [0.05, 0.1) is 0 Å². The van der Waals surface area contributed by atoms with Crippen molar-refractivity contribution in [3.8, 4) is 11.1 Å². The second-order valence-corrected chi connectivity index (χ2v) is 6.06. The van der Waals surface area contributed by atoms with Crippen LogP contribution in [-0.4, -0.2) is 5.11 Å². The van der Waals surface area contributed by atoms with Crippen LogP contribution in [0.25, 0.3) is 11.1 Å². The number of hydrogen-bond acceptors (Lipinski definition) is 1. The van der Waals surface area contributed by atoms with E-state index in [2.05, 4.69) is 0 Å². The van der Waals surface area contributed by atoms with E-state index in [1.165, 1.54) is 0 Å². The van der Waals surface area contributed by atoms with Gasteiger partial charge in [0.2, 0.25) is 0 Å². The molecule has 0 fully saturated rings. The fourth-order valence-corrected chi connectivity index (χ4v) is 3.54. The van der Waals surface area contributed by atoms with Gasteiger partial charge in [0.15, 0.2) is 5.67 Å². The molecule has 1 aliphatic carbocycles. The Morgan fingerprint density at radius 3 is 2.17 bits per heavy atom. The van der Waals surface area contributed by atoms with Gasteiger partial charge in [0, 0.05) is 12.0 Å². The molecule has 2 unspecified atom stereocenters. The Labute approximate surface area is 135 Å². The molecule has 1 nitrogen and oxygen atoms in total. The van der Waals surface area contributed by atoms with Crippen LogP contribution in [0.1, 0.15) is 22.8 Å². The van der Waals surface area contributed by atoms with Crippen LogP contribution < -0.4 is 0 Å². The summed E-state index contributed by atoms with van der Waals surface area (Å²) in [6.45, 7) is 0. The van der Waals surface area contributed by atoms with Crippen LogP contribution >= 0.6 is 0 Å². The maximum absolute atomic E-state index is 16.1. The number of hydrogen-bond donors (Lipinski definition) is 1. The molecule has 3 aromatic carbocycles. The highest BCUT2D eigenvalue weighted by Gasteiger charge is 2.46. The van der Waals surface area contributed by atoms with E-state index in [9.17, 15) is 5.11 Å². The Morgan fingerprint density at radius 2 is 1.39 bits per heavy atom. The summed E-state index contributed by atoms with van der Waals surface area (Å²) in [6.07, 6.45) is -1.02. The number of aliphatic hydroxyl groups is 1. The molecular formula is C21H17FO. The fourth-order valence-electron chi connectivity index (χ4n) is 3.54. The van der Waals surface area contributed by atoms with Gasteiger partial charge in [-0.25, -0.2) is 4.39 Å². The third kappa shape index (κ3) is 2.18. The lowest BCUT2D eigenvalue weighted by atomic mass is 9.72. The first-order valence-corrected chi connectivity index (χ1v) is 7.80. The number of halogens is 1. The Balaban J connectivity index is 1.91. The predicted molar refractivity (Wildman–Crippen MR) is 89.8 cm³/mol. The van der Waals surface area contributed by atoms with Gasteiger partial charge >= 0.3 is 0 Å². The van der Waals surface area contributed by atoms with Crippen LogP contribution in [0.5, 0.6) is 0 Å². The Kier molecular flexibility index (Phi) is 3.28. The van der Waals surface area contributed by atoms with Crippen molar-refractivity contribution in [1.82, 2.24) is 0 Å². The zero-order chi connectivity index (χ0) is 15.9. The third-order valence-corrected chi connectivity index (χ3v) is 4.66. The molecule has 0 aromatic heterocycles. The Bertz CT molecular complexity index is 843. The standard InChI is InChI=1S/C21H17FO/c22-21(14-15-8-2-1-3-9-15)19-13-7-6-11-17(19)16-10-4-5-12-18(16)20(21)23/h1-13,20,23H,14H2. The molecule has 2 heteroatoms. The van der Waals surface area contributed by atoms with Gasteiger partial charge in [0.1, 0.15) is 6.10 Å². The van der Waals surface area contributed by atoms with Gasteiger partial charge in [-0.1, -0.05) is 78.9 Å². The van der Waals surface area contributed by atoms with Crippen molar-refractivity contribution in [1.29, 1.82) is 0 Å². The van der Waals surface area contributed by atoms with E-state index in [1.807, 2.05) is 72.8 Å². The summed E-state index contributed by atoms with van der Waals surface area (Å²) >= 11 is 0. The largest absolute Gasteiger partial charge is 0.385 e. The number of fused-ring (bicyclic) bond motifs is 3. The molecule has 0 heterocycles. The average Bonchev–Trinajstić information content (AvgIpc) is 2.61. The van der Waals surface area contributed by atoms with Crippen LogP contribution in [-0.2, 0) is 12.1 Å². The Morgan fingerprint density at radius 1 is 0.783 bits per heavy atom. The minimum Gasteiger partial charge on any atom is -0.385 e. The summed E-state index contributed by atoms with van der Waals surface area (Å²) in [7, 11) is 0. The van der Waals surface area contributed by atoms with Crippen LogP contribution in [0.4, 0.5) is 4.39 Å². The molecule has 0 amide bonds. The smallest absolute Gasteiger partial charge is 0.170 e. The van der Waals surface area contributed by atoms with Crippen molar-refractivity contribution in [2.45, 2.75) is 18.2 Å². The summed E-state index contributed by atoms with van der Waals surface area (Å²) in [5.41, 5.74) is 2.05. The summed E-state index contributed by atoms with van der Waals surface area (Å²) in [6, 6.07) is 24.5. The third-order valence-electron chi connectivity index (χ3n) is 4.66. The number of aliphatic hydroxyl groups excluding tert-OH is 1. The van der Waals surface area contributed by atoms with Crippen LogP contribution in [0, 0.1) is 0 Å². The van der Waals surface area contributed by atoms with Crippen molar-refractivity contribution >= 4 is 0 Å². The van der Waals surface area contributed by atoms with Gasteiger partial charge in [0.25, 0.3) is 0 Å². The minimum atomic E-state index is -1.83. The maximum Gasteiger partial charge on any atom is 0.170 e. The first-order valence-electron chi connectivity index (χ1n) is 7.80. The lowest BCUT2D eigenvalue weighted by Gasteiger charge is -2.38. The molecule has 0 saturated carbocycles. The molecule has 1 N–H and O–H groups in total. The monoisotopic (exact) mass is 304 g/mol. The quantitative estimate of drug-likeness (QED) is 0.720.